The predicted molar refractivity (Wildman–Crippen MR) is 70.6 cm³/mol. The summed E-state index contributed by atoms with van der Waals surface area (Å²) in [6.45, 7) is 4.44. The van der Waals surface area contributed by atoms with Crippen LogP contribution in [0.1, 0.15) is 24.2 Å². The van der Waals surface area contributed by atoms with E-state index in [1.807, 2.05) is 11.6 Å². The topological polar surface area (TPSA) is 75.9 Å². The van der Waals surface area contributed by atoms with Crippen LogP contribution in [0, 0.1) is 0 Å². The van der Waals surface area contributed by atoms with Crippen molar-refractivity contribution in [3.05, 3.63) is 22.5 Å². The molecule has 0 saturated heterocycles. The standard InChI is InChI=1S/C11H17N5OS/c1-2-4-12-8-9-15-16-11(17-9)14-5-3-10-13-6-7-18-10/h6-7,12H,2-5,8H2,1H3,(H,14,16). The van der Waals surface area contributed by atoms with Gasteiger partial charge in [-0.3, -0.25) is 0 Å². The van der Waals surface area contributed by atoms with E-state index in [0.29, 0.717) is 18.5 Å². The maximum Gasteiger partial charge on any atom is 0.315 e. The van der Waals surface area contributed by atoms with E-state index >= 15 is 0 Å². The van der Waals surface area contributed by atoms with Gasteiger partial charge in [0.1, 0.15) is 0 Å². The summed E-state index contributed by atoms with van der Waals surface area (Å²) in [6, 6.07) is 0.472. The molecule has 2 aromatic heterocycles. The lowest BCUT2D eigenvalue weighted by Crippen LogP contribution is -2.13. The second-order valence-electron chi connectivity index (χ2n) is 3.78. The molecule has 0 spiro atoms. The summed E-state index contributed by atoms with van der Waals surface area (Å²) in [5.74, 6) is 0.611. The van der Waals surface area contributed by atoms with Gasteiger partial charge in [-0.25, -0.2) is 4.98 Å². The molecule has 98 valence electrons. The zero-order valence-electron chi connectivity index (χ0n) is 10.3. The van der Waals surface area contributed by atoms with Crippen LogP contribution >= 0.6 is 11.3 Å². The third-order valence-corrected chi connectivity index (χ3v) is 3.11. The molecule has 0 aliphatic rings. The van der Waals surface area contributed by atoms with E-state index in [-0.39, 0.29) is 0 Å². The fourth-order valence-electron chi connectivity index (χ4n) is 1.42. The van der Waals surface area contributed by atoms with Crippen molar-refractivity contribution < 1.29 is 4.42 Å². The van der Waals surface area contributed by atoms with Gasteiger partial charge in [0.05, 0.1) is 11.6 Å². The lowest BCUT2D eigenvalue weighted by Gasteiger charge is -1.98. The Balaban J connectivity index is 1.69. The zero-order chi connectivity index (χ0) is 12.6. The molecule has 0 fully saturated rings. The Morgan fingerprint density at radius 2 is 2.28 bits per heavy atom. The minimum Gasteiger partial charge on any atom is -0.407 e. The van der Waals surface area contributed by atoms with E-state index in [1.54, 1.807) is 11.3 Å². The highest BCUT2D eigenvalue weighted by Crippen LogP contribution is 2.07. The van der Waals surface area contributed by atoms with Gasteiger partial charge in [0, 0.05) is 24.5 Å². The monoisotopic (exact) mass is 267 g/mol. The molecule has 18 heavy (non-hydrogen) atoms. The van der Waals surface area contributed by atoms with Crippen molar-refractivity contribution in [3.63, 3.8) is 0 Å². The molecule has 0 unspecified atom stereocenters. The zero-order valence-corrected chi connectivity index (χ0v) is 11.2. The first-order chi connectivity index (χ1) is 8.88. The molecular weight excluding hydrogens is 250 g/mol. The SMILES string of the molecule is CCCNCc1nnc(NCCc2nccs2)o1. The molecule has 2 N–H and O–H groups in total. The highest BCUT2D eigenvalue weighted by molar-refractivity contribution is 7.09. The smallest absolute Gasteiger partial charge is 0.315 e. The van der Waals surface area contributed by atoms with Gasteiger partial charge in [0.2, 0.25) is 5.89 Å². The van der Waals surface area contributed by atoms with Gasteiger partial charge in [0.25, 0.3) is 0 Å². The van der Waals surface area contributed by atoms with E-state index in [4.69, 9.17) is 4.42 Å². The summed E-state index contributed by atoms with van der Waals surface area (Å²) in [6.07, 6.45) is 3.76. The molecule has 0 amide bonds. The number of anilines is 1. The minimum absolute atomic E-state index is 0.472. The maximum atomic E-state index is 5.44. The number of nitrogens with zero attached hydrogens (tertiary/aromatic N) is 3. The number of rotatable bonds is 8. The van der Waals surface area contributed by atoms with E-state index in [2.05, 4.69) is 32.7 Å². The lowest BCUT2D eigenvalue weighted by atomic mass is 10.4. The summed E-state index contributed by atoms with van der Waals surface area (Å²) in [5.41, 5.74) is 0. The molecule has 0 atom stereocenters. The van der Waals surface area contributed by atoms with Crippen molar-refractivity contribution in [1.82, 2.24) is 20.5 Å². The summed E-state index contributed by atoms with van der Waals surface area (Å²) in [5, 5.41) is 17.3. The Hall–Kier alpha value is -1.47. The number of hydrogen-bond donors (Lipinski definition) is 2. The molecule has 2 aromatic rings. The van der Waals surface area contributed by atoms with Crippen molar-refractivity contribution in [2.24, 2.45) is 0 Å². The number of nitrogens with one attached hydrogen (secondary N) is 2. The van der Waals surface area contributed by atoms with Crippen LogP contribution in [0.2, 0.25) is 0 Å². The average Bonchev–Trinajstić information content (AvgIpc) is 3.01. The third-order valence-electron chi connectivity index (χ3n) is 2.27. The Morgan fingerprint density at radius 3 is 3.06 bits per heavy atom. The minimum atomic E-state index is 0.472. The fraction of sp³-hybridized carbons (Fsp3) is 0.545. The van der Waals surface area contributed by atoms with Crippen LogP contribution in [0.3, 0.4) is 0 Å². The second kappa shape index (κ2) is 7.07. The molecule has 0 saturated carbocycles. The molecule has 0 aromatic carbocycles. The molecule has 0 aliphatic heterocycles. The first kappa shape index (κ1) is 13.0. The average molecular weight is 267 g/mol. The summed E-state index contributed by atoms with van der Waals surface area (Å²) in [4.78, 5) is 4.20. The summed E-state index contributed by atoms with van der Waals surface area (Å²) < 4.78 is 5.44. The lowest BCUT2D eigenvalue weighted by molar-refractivity contribution is 0.477. The van der Waals surface area contributed by atoms with Gasteiger partial charge in [-0.05, 0) is 13.0 Å². The van der Waals surface area contributed by atoms with Crippen LogP contribution < -0.4 is 10.6 Å². The van der Waals surface area contributed by atoms with Crippen LogP contribution in [-0.2, 0) is 13.0 Å². The van der Waals surface area contributed by atoms with E-state index in [9.17, 15) is 0 Å². The molecule has 7 heteroatoms. The largest absolute Gasteiger partial charge is 0.407 e. The predicted octanol–water partition coefficient (Wildman–Crippen LogP) is 1.68. The van der Waals surface area contributed by atoms with Crippen molar-refractivity contribution in [2.75, 3.05) is 18.4 Å². The van der Waals surface area contributed by atoms with Gasteiger partial charge in [-0.2, -0.15) is 0 Å². The molecule has 2 heterocycles. The molecule has 0 radical (unpaired) electrons. The quantitative estimate of drug-likeness (QED) is 0.709. The van der Waals surface area contributed by atoms with E-state index < -0.39 is 0 Å². The summed E-state index contributed by atoms with van der Waals surface area (Å²) in [7, 11) is 0. The first-order valence-corrected chi connectivity index (χ1v) is 6.91. The van der Waals surface area contributed by atoms with Crippen molar-refractivity contribution >= 4 is 17.4 Å². The third kappa shape index (κ3) is 4.08. The van der Waals surface area contributed by atoms with Gasteiger partial charge in [-0.1, -0.05) is 12.0 Å². The highest BCUT2D eigenvalue weighted by Gasteiger charge is 2.04. The van der Waals surface area contributed by atoms with Crippen LogP contribution in [-0.4, -0.2) is 28.3 Å². The van der Waals surface area contributed by atoms with Gasteiger partial charge < -0.3 is 15.1 Å². The normalized spacial score (nSPS) is 10.7. The summed E-state index contributed by atoms with van der Waals surface area (Å²) >= 11 is 1.65. The van der Waals surface area contributed by atoms with E-state index in [1.165, 1.54) is 0 Å². The maximum absolute atomic E-state index is 5.44. The Bertz CT molecular complexity index is 442. The molecular formula is C11H17N5OS. The van der Waals surface area contributed by atoms with Crippen molar-refractivity contribution in [1.29, 1.82) is 0 Å². The van der Waals surface area contributed by atoms with Crippen LogP contribution in [0.25, 0.3) is 0 Å². The van der Waals surface area contributed by atoms with Crippen LogP contribution in [0.4, 0.5) is 6.01 Å². The van der Waals surface area contributed by atoms with Gasteiger partial charge in [0.15, 0.2) is 0 Å². The molecule has 6 nitrogen and oxygen atoms in total. The Labute approximate surface area is 110 Å². The Kier molecular flexibility index (Phi) is 5.10. The second-order valence-corrected chi connectivity index (χ2v) is 4.76. The molecule has 0 bridgehead atoms. The number of hydrogen-bond acceptors (Lipinski definition) is 7. The first-order valence-electron chi connectivity index (χ1n) is 6.04. The molecule has 0 aliphatic carbocycles. The van der Waals surface area contributed by atoms with Crippen LogP contribution in [0.15, 0.2) is 16.0 Å². The van der Waals surface area contributed by atoms with Gasteiger partial charge >= 0.3 is 6.01 Å². The fourth-order valence-corrected chi connectivity index (χ4v) is 2.04. The van der Waals surface area contributed by atoms with E-state index in [0.717, 1.165) is 30.9 Å². The number of thiazole rings is 1. The van der Waals surface area contributed by atoms with Crippen molar-refractivity contribution in [3.8, 4) is 0 Å². The molecule has 2 rings (SSSR count). The number of aromatic nitrogens is 3. The highest BCUT2D eigenvalue weighted by atomic mass is 32.1. The van der Waals surface area contributed by atoms with Gasteiger partial charge in [-0.15, -0.1) is 16.4 Å². The van der Waals surface area contributed by atoms with Crippen LogP contribution in [0.5, 0.6) is 0 Å². The van der Waals surface area contributed by atoms with Crippen molar-refractivity contribution in [2.45, 2.75) is 26.3 Å². The Morgan fingerprint density at radius 1 is 1.33 bits per heavy atom.